The van der Waals surface area contributed by atoms with E-state index in [1.165, 1.54) is 6.07 Å². The molecule has 0 bridgehead atoms. The van der Waals surface area contributed by atoms with E-state index in [9.17, 15) is 9.18 Å². The average molecular weight is 286 g/mol. The van der Waals surface area contributed by atoms with Crippen molar-refractivity contribution in [2.75, 3.05) is 13.6 Å². The van der Waals surface area contributed by atoms with E-state index in [4.69, 9.17) is 0 Å². The van der Waals surface area contributed by atoms with Crippen molar-refractivity contribution in [3.8, 4) is 5.69 Å². The Bertz CT molecular complexity index is 739. The highest BCUT2D eigenvalue weighted by atomic mass is 19.1. The monoisotopic (exact) mass is 286 g/mol. The van der Waals surface area contributed by atoms with Gasteiger partial charge in [0.2, 0.25) is 5.91 Å². The zero-order valence-electron chi connectivity index (χ0n) is 11.7. The topological polar surface area (TPSA) is 51.0 Å². The number of likely N-dealkylation sites (tertiary alicyclic amines) is 1. The fourth-order valence-electron chi connectivity index (χ4n) is 3.27. The lowest BCUT2D eigenvalue weighted by Crippen LogP contribution is -2.20. The lowest BCUT2D eigenvalue weighted by Gasteiger charge is -2.21. The van der Waals surface area contributed by atoms with Crippen LogP contribution in [0.15, 0.2) is 18.2 Å². The van der Waals surface area contributed by atoms with Gasteiger partial charge in [0, 0.05) is 32.4 Å². The molecule has 1 atom stereocenters. The molecule has 5 nitrogen and oxygen atoms in total. The predicted molar refractivity (Wildman–Crippen MR) is 73.7 cm³/mol. The number of nitrogens with zero attached hydrogens (tertiary/aromatic N) is 4. The first kappa shape index (κ1) is 12.5. The Morgan fingerprint density at radius 2 is 2.14 bits per heavy atom. The normalized spacial score (nSPS) is 20.6. The Labute approximate surface area is 121 Å². The number of carbonyl (C=O) groups is 1. The summed E-state index contributed by atoms with van der Waals surface area (Å²) in [6.07, 6.45) is 1.99. The van der Waals surface area contributed by atoms with Gasteiger partial charge in [0.05, 0.1) is 5.69 Å². The summed E-state index contributed by atoms with van der Waals surface area (Å²) in [5, 5.41) is 8.57. The van der Waals surface area contributed by atoms with Gasteiger partial charge >= 0.3 is 0 Å². The van der Waals surface area contributed by atoms with Gasteiger partial charge in [0.1, 0.15) is 17.5 Å². The minimum absolute atomic E-state index is 0.0553. The van der Waals surface area contributed by atoms with E-state index in [1.807, 2.05) is 4.57 Å². The molecule has 2 aliphatic rings. The Morgan fingerprint density at radius 1 is 1.29 bits per heavy atom. The van der Waals surface area contributed by atoms with Crippen LogP contribution in [0.3, 0.4) is 0 Å². The van der Waals surface area contributed by atoms with Crippen molar-refractivity contribution in [2.24, 2.45) is 0 Å². The second-order valence-corrected chi connectivity index (χ2v) is 5.76. The Kier molecular flexibility index (Phi) is 2.60. The van der Waals surface area contributed by atoms with Gasteiger partial charge in [0.15, 0.2) is 0 Å². The van der Waals surface area contributed by atoms with Crippen LogP contribution >= 0.6 is 0 Å². The summed E-state index contributed by atoms with van der Waals surface area (Å²) in [5.74, 6) is 1.68. The zero-order chi connectivity index (χ0) is 14.6. The third-order valence-corrected chi connectivity index (χ3v) is 4.36. The molecule has 1 aromatic carbocycles. The highest BCUT2D eigenvalue weighted by molar-refractivity contribution is 5.79. The predicted octanol–water partition coefficient (Wildman–Crippen LogP) is 1.45. The van der Waals surface area contributed by atoms with E-state index >= 15 is 0 Å². The standard InChI is InChI=1S/C15H15FN4O/c1-19-8-10(7-14(19)21)15-18-17-13-5-2-9-6-11(16)3-4-12(9)20(13)15/h3-4,6,10H,2,5,7-8H2,1H3. The summed E-state index contributed by atoms with van der Waals surface area (Å²) in [6, 6.07) is 4.82. The molecule has 2 aliphatic heterocycles. The Balaban J connectivity index is 1.82. The fourth-order valence-corrected chi connectivity index (χ4v) is 3.27. The maximum Gasteiger partial charge on any atom is 0.223 e. The average Bonchev–Trinajstić information content (AvgIpc) is 3.02. The van der Waals surface area contributed by atoms with E-state index in [-0.39, 0.29) is 17.6 Å². The van der Waals surface area contributed by atoms with Gasteiger partial charge in [-0.1, -0.05) is 0 Å². The number of likely N-dealkylation sites (N-methyl/N-ethyl adjacent to an activating group) is 1. The lowest BCUT2D eigenvalue weighted by molar-refractivity contribution is -0.126. The molecule has 3 heterocycles. The van der Waals surface area contributed by atoms with Gasteiger partial charge in [-0.15, -0.1) is 10.2 Å². The number of carbonyl (C=O) groups excluding carboxylic acids is 1. The minimum atomic E-state index is -0.220. The number of rotatable bonds is 1. The van der Waals surface area contributed by atoms with Crippen molar-refractivity contribution in [2.45, 2.75) is 25.2 Å². The largest absolute Gasteiger partial charge is 0.345 e. The first-order valence-corrected chi connectivity index (χ1v) is 7.10. The molecule has 1 unspecified atom stereocenters. The minimum Gasteiger partial charge on any atom is -0.345 e. The maximum atomic E-state index is 13.4. The molecule has 2 aromatic rings. The van der Waals surface area contributed by atoms with Crippen molar-refractivity contribution in [3.63, 3.8) is 0 Å². The van der Waals surface area contributed by atoms with Crippen LogP contribution in [0.2, 0.25) is 0 Å². The molecule has 1 amide bonds. The number of aryl methyl sites for hydroxylation is 2. The van der Waals surface area contributed by atoms with Crippen LogP contribution in [-0.2, 0) is 17.6 Å². The van der Waals surface area contributed by atoms with Crippen LogP contribution in [0.25, 0.3) is 5.69 Å². The van der Waals surface area contributed by atoms with Gasteiger partial charge in [-0.25, -0.2) is 4.39 Å². The number of hydrogen-bond donors (Lipinski definition) is 0. The van der Waals surface area contributed by atoms with Crippen LogP contribution in [0.1, 0.15) is 29.6 Å². The van der Waals surface area contributed by atoms with E-state index in [0.29, 0.717) is 13.0 Å². The first-order chi connectivity index (χ1) is 10.1. The highest BCUT2D eigenvalue weighted by Gasteiger charge is 2.34. The van der Waals surface area contributed by atoms with Gasteiger partial charge < -0.3 is 4.90 Å². The molecular formula is C15H15FN4O. The third kappa shape index (κ3) is 1.86. The van der Waals surface area contributed by atoms with Crippen molar-refractivity contribution in [1.82, 2.24) is 19.7 Å². The molecule has 21 heavy (non-hydrogen) atoms. The molecule has 4 rings (SSSR count). The SMILES string of the molecule is CN1CC(c2nnc3n2-c2ccc(F)cc2CC3)CC1=O. The van der Waals surface area contributed by atoms with E-state index in [2.05, 4.69) is 10.2 Å². The number of fused-ring (bicyclic) bond motifs is 3. The molecule has 0 spiro atoms. The second-order valence-electron chi connectivity index (χ2n) is 5.76. The van der Waals surface area contributed by atoms with Crippen molar-refractivity contribution in [1.29, 1.82) is 0 Å². The van der Waals surface area contributed by atoms with Crippen LogP contribution < -0.4 is 0 Å². The molecule has 0 saturated carbocycles. The molecule has 0 N–H and O–H groups in total. The third-order valence-electron chi connectivity index (χ3n) is 4.36. The number of hydrogen-bond acceptors (Lipinski definition) is 3. The van der Waals surface area contributed by atoms with E-state index < -0.39 is 0 Å². The molecule has 108 valence electrons. The number of amides is 1. The van der Waals surface area contributed by atoms with E-state index in [0.717, 1.165) is 35.7 Å². The number of benzene rings is 1. The molecule has 0 aliphatic carbocycles. The van der Waals surface area contributed by atoms with Crippen molar-refractivity contribution >= 4 is 5.91 Å². The molecule has 0 radical (unpaired) electrons. The quantitative estimate of drug-likeness (QED) is 0.797. The smallest absolute Gasteiger partial charge is 0.223 e. The molecule has 1 aromatic heterocycles. The fraction of sp³-hybridized carbons (Fsp3) is 0.400. The summed E-state index contributed by atoms with van der Waals surface area (Å²) in [7, 11) is 1.80. The summed E-state index contributed by atoms with van der Waals surface area (Å²) < 4.78 is 15.4. The van der Waals surface area contributed by atoms with Crippen LogP contribution in [0.4, 0.5) is 4.39 Å². The van der Waals surface area contributed by atoms with E-state index in [1.54, 1.807) is 24.1 Å². The maximum absolute atomic E-state index is 13.4. The molecule has 6 heteroatoms. The molecule has 1 fully saturated rings. The summed E-state index contributed by atoms with van der Waals surface area (Å²) >= 11 is 0. The van der Waals surface area contributed by atoms with Crippen LogP contribution in [0, 0.1) is 5.82 Å². The molecular weight excluding hydrogens is 271 g/mol. The zero-order valence-corrected chi connectivity index (χ0v) is 11.7. The van der Waals surface area contributed by atoms with Gasteiger partial charge in [-0.3, -0.25) is 9.36 Å². The second kappa shape index (κ2) is 4.38. The Hall–Kier alpha value is -2.24. The van der Waals surface area contributed by atoms with Crippen LogP contribution in [0.5, 0.6) is 0 Å². The van der Waals surface area contributed by atoms with Gasteiger partial charge in [0.25, 0.3) is 0 Å². The number of halogens is 1. The molecule has 1 saturated heterocycles. The Morgan fingerprint density at radius 3 is 2.90 bits per heavy atom. The summed E-state index contributed by atoms with van der Waals surface area (Å²) in [4.78, 5) is 13.5. The van der Waals surface area contributed by atoms with Crippen LogP contribution in [-0.4, -0.2) is 39.2 Å². The summed E-state index contributed by atoms with van der Waals surface area (Å²) in [5.41, 5.74) is 1.92. The summed E-state index contributed by atoms with van der Waals surface area (Å²) in [6.45, 7) is 0.660. The highest BCUT2D eigenvalue weighted by Crippen LogP contribution is 2.32. The first-order valence-electron chi connectivity index (χ1n) is 7.10. The number of aromatic nitrogens is 3. The van der Waals surface area contributed by atoms with Gasteiger partial charge in [-0.2, -0.15) is 0 Å². The van der Waals surface area contributed by atoms with Gasteiger partial charge in [-0.05, 0) is 30.2 Å². The van der Waals surface area contributed by atoms with Crippen molar-refractivity contribution < 1.29 is 9.18 Å². The van der Waals surface area contributed by atoms with Crippen molar-refractivity contribution in [3.05, 3.63) is 41.2 Å². The lowest BCUT2D eigenvalue weighted by atomic mass is 10.0.